The first-order valence-electron chi connectivity index (χ1n) is 9.87. The highest BCUT2D eigenvalue weighted by Crippen LogP contribution is 2.27. The van der Waals surface area contributed by atoms with Gasteiger partial charge in [-0.15, -0.1) is 11.3 Å². The molecule has 4 heterocycles. The molecular weight excluding hydrogens is 470 g/mol. The van der Waals surface area contributed by atoms with Crippen molar-refractivity contribution in [1.29, 1.82) is 0 Å². The van der Waals surface area contributed by atoms with Gasteiger partial charge in [-0.3, -0.25) is 9.78 Å². The molecule has 1 fully saturated rings. The summed E-state index contributed by atoms with van der Waals surface area (Å²) >= 11 is 7.29. The molecule has 3 aromatic heterocycles. The van der Waals surface area contributed by atoms with Crippen LogP contribution in [-0.2, 0) is 10.0 Å². The zero-order valence-corrected chi connectivity index (χ0v) is 19.1. The molecule has 11 heteroatoms. The Balaban J connectivity index is 1.28. The molecule has 0 unspecified atom stereocenters. The number of hydrogen-bond acceptors (Lipinski definition) is 6. The molecule has 5 rings (SSSR count). The van der Waals surface area contributed by atoms with E-state index < -0.39 is 10.0 Å². The highest BCUT2D eigenvalue weighted by Gasteiger charge is 2.32. The fraction of sp³-hybridized carbons (Fsp3) is 0.190. The van der Waals surface area contributed by atoms with Crippen molar-refractivity contribution in [2.24, 2.45) is 0 Å². The molecule has 0 saturated carbocycles. The van der Waals surface area contributed by atoms with Gasteiger partial charge in [-0.05, 0) is 36.4 Å². The van der Waals surface area contributed by atoms with Crippen LogP contribution in [0.2, 0.25) is 5.02 Å². The lowest BCUT2D eigenvalue weighted by molar-refractivity contribution is 0.0697. The Labute approximate surface area is 193 Å². The summed E-state index contributed by atoms with van der Waals surface area (Å²) in [5.74, 6) is -0.200. The normalized spacial score (nSPS) is 15.3. The third-order valence-corrected chi connectivity index (χ3v) is 8.37. The molecular formula is C21H18ClN5O3S2. The van der Waals surface area contributed by atoms with Gasteiger partial charge in [0.2, 0.25) is 0 Å². The summed E-state index contributed by atoms with van der Waals surface area (Å²) in [6.07, 6.45) is 3.33. The Hall–Kier alpha value is -2.79. The largest absolute Gasteiger partial charge is 0.345 e. The number of aromatic nitrogens is 3. The molecule has 4 aromatic rings. The van der Waals surface area contributed by atoms with Crippen molar-refractivity contribution in [3.63, 3.8) is 0 Å². The number of halogens is 1. The number of pyridine rings is 1. The quantitative estimate of drug-likeness (QED) is 0.475. The van der Waals surface area contributed by atoms with E-state index in [1.165, 1.54) is 15.6 Å². The molecule has 0 spiro atoms. The second-order valence-corrected chi connectivity index (χ2v) is 10.7. The minimum atomic E-state index is -3.71. The third-order valence-electron chi connectivity index (χ3n) is 5.31. The Morgan fingerprint density at radius 3 is 2.62 bits per heavy atom. The first-order chi connectivity index (χ1) is 15.4. The number of rotatable bonds is 4. The van der Waals surface area contributed by atoms with Crippen LogP contribution in [0.4, 0.5) is 0 Å². The van der Waals surface area contributed by atoms with E-state index in [-0.39, 0.29) is 24.0 Å². The number of H-pyrrole nitrogens is 1. The van der Waals surface area contributed by atoms with Gasteiger partial charge >= 0.3 is 0 Å². The van der Waals surface area contributed by atoms with Crippen LogP contribution in [0, 0.1) is 0 Å². The minimum Gasteiger partial charge on any atom is -0.345 e. The van der Waals surface area contributed by atoms with E-state index in [1.54, 1.807) is 41.6 Å². The summed E-state index contributed by atoms with van der Waals surface area (Å²) in [5.41, 5.74) is 1.47. The Bertz CT molecular complexity index is 1390. The number of nitrogens with one attached hydrogen (secondary N) is 1. The number of sulfonamides is 1. The van der Waals surface area contributed by atoms with Crippen molar-refractivity contribution in [1.82, 2.24) is 24.2 Å². The van der Waals surface area contributed by atoms with Crippen LogP contribution in [0.1, 0.15) is 9.80 Å². The van der Waals surface area contributed by atoms with Crippen molar-refractivity contribution in [3.05, 3.63) is 64.9 Å². The molecule has 1 saturated heterocycles. The molecule has 1 aliphatic rings. The monoisotopic (exact) mass is 487 g/mol. The van der Waals surface area contributed by atoms with E-state index in [9.17, 15) is 13.2 Å². The van der Waals surface area contributed by atoms with Crippen molar-refractivity contribution >= 4 is 49.8 Å². The van der Waals surface area contributed by atoms with Crippen LogP contribution < -0.4 is 0 Å². The second-order valence-electron chi connectivity index (χ2n) is 7.31. The molecule has 1 amide bonds. The number of carbonyl (C=O) groups is 1. The van der Waals surface area contributed by atoms with E-state index >= 15 is 0 Å². The zero-order chi connectivity index (χ0) is 22.3. The van der Waals surface area contributed by atoms with Gasteiger partial charge in [-0.1, -0.05) is 17.7 Å². The maximum absolute atomic E-state index is 13.1. The lowest BCUT2D eigenvalue weighted by atomic mass is 10.2. The van der Waals surface area contributed by atoms with Gasteiger partial charge in [0.15, 0.2) is 5.01 Å². The topological polar surface area (TPSA) is 99.3 Å². The summed E-state index contributed by atoms with van der Waals surface area (Å²) < 4.78 is 27.6. The van der Waals surface area contributed by atoms with Crippen molar-refractivity contribution < 1.29 is 13.2 Å². The number of fused-ring (bicyclic) bond motifs is 1. The zero-order valence-electron chi connectivity index (χ0n) is 16.7. The van der Waals surface area contributed by atoms with Crippen LogP contribution in [0.15, 0.2) is 59.9 Å². The van der Waals surface area contributed by atoms with Crippen LogP contribution in [-0.4, -0.2) is 64.7 Å². The second kappa shape index (κ2) is 8.28. The Morgan fingerprint density at radius 1 is 1.06 bits per heavy atom. The number of hydrogen-bond donors (Lipinski definition) is 1. The molecule has 8 nitrogen and oxygen atoms in total. The average molecular weight is 488 g/mol. The molecule has 0 atom stereocenters. The van der Waals surface area contributed by atoms with Gasteiger partial charge < -0.3 is 9.88 Å². The summed E-state index contributed by atoms with van der Waals surface area (Å²) in [4.78, 5) is 26.8. The number of carbonyl (C=O) groups excluding carboxylic acids is 1. The van der Waals surface area contributed by atoms with E-state index in [0.29, 0.717) is 28.6 Å². The van der Waals surface area contributed by atoms with Crippen LogP contribution >= 0.6 is 22.9 Å². The van der Waals surface area contributed by atoms with Gasteiger partial charge in [-0.25, -0.2) is 13.4 Å². The number of amides is 1. The number of piperazine rings is 1. The van der Waals surface area contributed by atoms with Gasteiger partial charge in [0.1, 0.15) is 5.03 Å². The molecule has 164 valence electrons. The average Bonchev–Trinajstić information content (AvgIpc) is 3.47. The number of thiazole rings is 1. The van der Waals surface area contributed by atoms with Gasteiger partial charge in [0.05, 0.1) is 10.6 Å². The van der Waals surface area contributed by atoms with Gasteiger partial charge in [0.25, 0.3) is 15.9 Å². The van der Waals surface area contributed by atoms with Crippen molar-refractivity contribution in [2.45, 2.75) is 5.03 Å². The van der Waals surface area contributed by atoms with E-state index in [2.05, 4.69) is 15.0 Å². The number of benzene rings is 1. The molecule has 0 bridgehead atoms. The van der Waals surface area contributed by atoms with Crippen LogP contribution in [0.25, 0.3) is 21.5 Å². The van der Waals surface area contributed by atoms with E-state index in [1.807, 2.05) is 18.2 Å². The fourth-order valence-electron chi connectivity index (χ4n) is 3.62. The maximum Gasteiger partial charge on any atom is 0.282 e. The molecule has 32 heavy (non-hydrogen) atoms. The Morgan fingerprint density at radius 2 is 1.88 bits per heavy atom. The van der Waals surface area contributed by atoms with Crippen LogP contribution in [0.5, 0.6) is 0 Å². The smallest absolute Gasteiger partial charge is 0.282 e. The van der Waals surface area contributed by atoms with E-state index in [0.717, 1.165) is 16.0 Å². The minimum absolute atomic E-state index is 0.120. The highest BCUT2D eigenvalue weighted by molar-refractivity contribution is 7.89. The summed E-state index contributed by atoms with van der Waals surface area (Å²) in [6, 6.07) is 12.3. The highest BCUT2D eigenvalue weighted by atomic mass is 35.5. The lowest BCUT2D eigenvalue weighted by Crippen LogP contribution is -2.50. The van der Waals surface area contributed by atoms with Gasteiger partial charge in [0, 0.05) is 54.5 Å². The SMILES string of the molecule is O=C(c1ncc(-c2ccccn2)s1)N1CCN(S(=O)(=O)c2cc3cc(Cl)ccc3[nH]2)CC1. The fourth-order valence-corrected chi connectivity index (χ4v) is 6.10. The molecule has 0 aliphatic carbocycles. The molecule has 1 aliphatic heterocycles. The van der Waals surface area contributed by atoms with Crippen molar-refractivity contribution in [2.75, 3.05) is 26.2 Å². The standard InChI is InChI=1S/C21H18ClN5O3S2/c22-15-4-5-16-14(11-15)12-19(25-16)32(29,30)27-9-7-26(8-10-27)21(28)20-24-13-18(31-20)17-3-1-2-6-23-17/h1-6,11-13,25H,7-10H2. The van der Waals surface area contributed by atoms with Crippen molar-refractivity contribution in [3.8, 4) is 10.6 Å². The van der Waals surface area contributed by atoms with E-state index in [4.69, 9.17) is 11.6 Å². The third kappa shape index (κ3) is 3.90. The number of nitrogens with zero attached hydrogens (tertiary/aromatic N) is 4. The summed E-state index contributed by atoms with van der Waals surface area (Å²) in [6.45, 7) is 1.01. The number of aromatic amines is 1. The predicted molar refractivity (Wildman–Crippen MR) is 123 cm³/mol. The van der Waals surface area contributed by atoms with Gasteiger partial charge in [-0.2, -0.15) is 4.31 Å². The molecule has 0 radical (unpaired) electrons. The summed E-state index contributed by atoms with van der Waals surface area (Å²) in [5, 5.41) is 1.77. The maximum atomic E-state index is 13.1. The van der Waals surface area contributed by atoms with Crippen LogP contribution in [0.3, 0.4) is 0 Å². The molecule has 1 aromatic carbocycles. The first kappa shape index (κ1) is 21.1. The Kier molecular flexibility index (Phi) is 5.46. The predicted octanol–water partition coefficient (Wildman–Crippen LogP) is 3.49. The molecule has 1 N–H and O–H groups in total. The summed E-state index contributed by atoms with van der Waals surface area (Å²) in [7, 11) is -3.71. The first-order valence-corrected chi connectivity index (χ1v) is 12.5. The lowest BCUT2D eigenvalue weighted by Gasteiger charge is -2.33.